The number of fused-ring (bicyclic) bond motifs is 9. The average molecular weight is 1010 g/mol. The first kappa shape index (κ1) is 47.5. The van der Waals surface area contributed by atoms with Gasteiger partial charge in [-0.3, -0.25) is 0 Å². The lowest BCUT2D eigenvalue weighted by Crippen LogP contribution is -2.38. The van der Waals surface area contributed by atoms with Crippen LogP contribution in [0.5, 0.6) is 0 Å². The van der Waals surface area contributed by atoms with Crippen LogP contribution in [0.15, 0.2) is 158 Å². The quantitative estimate of drug-likeness (QED) is 0.114. The van der Waals surface area contributed by atoms with Gasteiger partial charge >= 0.3 is 0 Å². The van der Waals surface area contributed by atoms with E-state index in [0.717, 1.165) is 53.4 Å². The molecule has 3 aliphatic carbocycles. The van der Waals surface area contributed by atoms with Crippen molar-refractivity contribution in [2.24, 2.45) is 0 Å². The van der Waals surface area contributed by atoms with Crippen LogP contribution in [-0.2, 0) is 26.1 Å². The minimum atomic E-state index is -1.73. The van der Waals surface area contributed by atoms with Gasteiger partial charge in [0.25, 0.3) is 0 Å². The molecular weight excluding hydrogens is 945 g/mol. The predicted molar refractivity (Wildman–Crippen MR) is 315 cm³/mol. The molecule has 3 atom stereocenters. The number of rotatable bonds is 12. The summed E-state index contributed by atoms with van der Waals surface area (Å²) in [7, 11) is -5.18. The molecule has 0 radical (unpaired) electrons. The molecule has 3 unspecified atom stereocenters. The topological polar surface area (TPSA) is 45.7 Å². The minimum absolute atomic E-state index is 0.0897. The van der Waals surface area contributed by atoms with Crippen LogP contribution < -0.4 is 15.5 Å². The first-order valence-corrected chi connectivity index (χ1v) is 36.3. The van der Waals surface area contributed by atoms with Crippen LogP contribution in [0, 0.1) is 0 Å². The van der Waals surface area contributed by atoms with Crippen molar-refractivity contribution in [3.05, 3.63) is 191 Å². The molecule has 9 aromatic rings. The highest BCUT2D eigenvalue weighted by Crippen LogP contribution is 2.41. The molecule has 0 aliphatic heterocycles. The Morgan fingerprint density at radius 3 is 1.22 bits per heavy atom. The van der Waals surface area contributed by atoms with Crippen LogP contribution in [0.3, 0.4) is 0 Å². The molecule has 73 heavy (non-hydrogen) atoms. The molecule has 0 saturated heterocycles. The summed E-state index contributed by atoms with van der Waals surface area (Å²) >= 11 is 0. The molecule has 0 amide bonds. The fourth-order valence-corrected chi connectivity index (χ4v) is 14.9. The second-order valence-corrected chi connectivity index (χ2v) is 36.4. The molecule has 0 fully saturated rings. The van der Waals surface area contributed by atoms with Gasteiger partial charge in [-0.05, 0) is 186 Å². The molecule has 0 saturated carbocycles. The molecule has 3 heterocycles. The van der Waals surface area contributed by atoms with Gasteiger partial charge in [-0.15, -0.1) is 0 Å². The molecule has 10 heteroatoms. The summed E-state index contributed by atoms with van der Waals surface area (Å²) in [4.78, 5) is 2.39. The van der Waals surface area contributed by atoms with Gasteiger partial charge in [-0.2, -0.15) is 0 Å². The zero-order valence-corrected chi connectivity index (χ0v) is 46.7. The van der Waals surface area contributed by atoms with Crippen molar-refractivity contribution < 1.29 is 13.3 Å². The Balaban J connectivity index is 0.948. The van der Waals surface area contributed by atoms with E-state index in [0.29, 0.717) is 0 Å². The summed E-state index contributed by atoms with van der Waals surface area (Å²) in [5.74, 6) is 0. The van der Waals surface area contributed by atoms with E-state index in [1.165, 1.54) is 65.8 Å². The van der Waals surface area contributed by atoms with Gasteiger partial charge < -0.3 is 31.9 Å². The van der Waals surface area contributed by atoms with E-state index in [4.69, 9.17) is 13.3 Å². The lowest BCUT2D eigenvalue weighted by molar-refractivity contribution is 0.242. The van der Waals surface area contributed by atoms with Gasteiger partial charge in [0.1, 0.15) is 0 Å². The van der Waals surface area contributed by atoms with Gasteiger partial charge in [0.15, 0.2) is 25.0 Å². The van der Waals surface area contributed by atoms with E-state index < -0.39 is 25.0 Å². The van der Waals surface area contributed by atoms with E-state index in [1.54, 1.807) is 0 Å². The van der Waals surface area contributed by atoms with Crippen molar-refractivity contribution in [1.29, 1.82) is 0 Å². The average Bonchev–Trinajstić information content (AvgIpc) is 3.99. The van der Waals surface area contributed by atoms with Gasteiger partial charge in [-0.25, -0.2) is 0 Å². The number of nitrogens with zero attached hydrogens (tertiary/aromatic N) is 4. The number of aromatic nitrogens is 3. The summed E-state index contributed by atoms with van der Waals surface area (Å²) in [5.41, 5.74) is 15.4. The summed E-state index contributed by atoms with van der Waals surface area (Å²) in [6, 6.07) is 53.8. The molecule has 6 aromatic carbocycles. The Hall–Kier alpha value is -6.51. The largest absolute Gasteiger partial charge is 0.411 e. The second kappa shape index (κ2) is 18.2. The smallest absolute Gasteiger partial charge is 0.184 e. The Bertz CT molecular complexity index is 3610. The van der Waals surface area contributed by atoms with Crippen LogP contribution >= 0.6 is 0 Å². The van der Waals surface area contributed by atoms with Gasteiger partial charge in [-0.1, -0.05) is 72.8 Å². The van der Waals surface area contributed by atoms with Crippen LogP contribution in [0.1, 0.15) is 28.9 Å². The first-order chi connectivity index (χ1) is 35.0. The summed E-state index contributed by atoms with van der Waals surface area (Å²) in [5, 5.41) is 6.32. The first-order valence-electron chi connectivity index (χ1n) is 26.1. The number of anilines is 3. The molecule has 3 aliphatic rings. The van der Waals surface area contributed by atoms with Gasteiger partial charge in [0.2, 0.25) is 0 Å². The summed E-state index contributed by atoms with van der Waals surface area (Å²) < 4.78 is 27.2. The van der Waals surface area contributed by atoms with E-state index in [1.807, 2.05) is 0 Å². The third-order valence-corrected chi connectivity index (χ3v) is 17.3. The van der Waals surface area contributed by atoms with Crippen molar-refractivity contribution in [2.45, 2.75) is 96.5 Å². The van der Waals surface area contributed by atoms with Crippen LogP contribution in [0.2, 0.25) is 58.9 Å². The number of hydrogen-bond acceptors (Lipinski definition) is 4. The van der Waals surface area contributed by atoms with Crippen LogP contribution in [0.4, 0.5) is 17.1 Å². The Morgan fingerprint density at radius 2 is 0.795 bits per heavy atom. The monoisotopic (exact) mass is 1010 g/mol. The maximum absolute atomic E-state index is 6.63. The molecule has 7 nitrogen and oxygen atoms in total. The van der Waals surface area contributed by atoms with Gasteiger partial charge in [0, 0.05) is 85.1 Å². The van der Waals surface area contributed by atoms with E-state index in [-0.39, 0.29) is 18.3 Å². The zero-order chi connectivity index (χ0) is 50.4. The van der Waals surface area contributed by atoms with E-state index in [9.17, 15) is 0 Å². The third-order valence-electron chi connectivity index (χ3n) is 14.2. The highest BCUT2D eigenvalue weighted by Gasteiger charge is 2.29. The van der Waals surface area contributed by atoms with Crippen molar-refractivity contribution in [3.63, 3.8) is 0 Å². The lowest BCUT2D eigenvalue weighted by Gasteiger charge is -2.27. The van der Waals surface area contributed by atoms with Crippen molar-refractivity contribution in [2.75, 3.05) is 4.90 Å². The standard InChI is InChI=1S/C63H66N4O3Si3/c1-71(2,3)68-49-34-37-61-55(40-49)52-16-10-13-19-58(52)65(61)46-28-22-43(23-29-46)64(44-24-30-47(31-25-44)66-59-20-14-11-17-53(59)56-41-50(35-38-62(56)66)69-72(4,5)6)45-26-32-48(33-27-45)67-60-21-15-12-18-54(60)57-42-51(36-39-63(57)67)70-73(7,8)9/h10-35,37-39,42,49-51H,36,40-41H2,1-9H3. The Labute approximate surface area is 433 Å². The van der Waals surface area contributed by atoms with Crippen molar-refractivity contribution in [3.8, 4) is 17.1 Å². The predicted octanol–water partition coefficient (Wildman–Crippen LogP) is 14.8. The number of benzene rings is 6. The Morgan fingerprint density at radius 1 is 0.425 bits per heavy atom. The maximum Gasteiger partial charge on any atom is 0.184 e. The fraction of sp³-hybridized carbons (Fsp3) is 0.238. The number of para-hydroxylation sites is 3. The maximum atomic E-state index is 6.63. The molecule has 3 aromatic heterocycles. The third kappa shape index (κ3) is 9.08. The minimum Gasteiger partial charge on any atom is -0.411 e. The lowest BCUT2D eigenvalue weighted by atomic mass is 9.99. The highest BCUT2D eigenvalue weighted by molar-refractivity contribution is 6.70. The molecule has 0 spiro atoms. The summed E-state index contributed by atoms with van der Waals surface area (Å²) in [6.45, 7) is 20.5. The molecule has 0 bridgehead atoms. The second-order valence-electron chi connectivity index (χ2n) is 23.0. The fourth-order valence-electron chi connectivity index (χ4n) is 11.7. The normalized spacial score (nSPS) is 17.6. The molecule has 368 valence electrons. The van der Waals surface area contributed by atoms with Crippen LogP contribution in [-0.4, -0.2) is 57.0 Å². The highest BCUT2D eigenvalue weighted by atomic mass is 28.4. The SMILES string of the molecule is C[Si](C)(C)OC1C=c2c(n(-c3ccc(N(c4ccc(-n5c6c(c7ccccc75)CC(O[Si](C)(C)C)C=C6)cc4)c4ccc(-n5c6c(c7ccccc75)CC(O[Si](C)(C)C)C=C6)cc4)cc3)c3ccccc23)=CC1. The molecule has 0 N–H and O–H groups in total. The van der Waals surface area contributed by atoms with E-state index in [2.05, 4.69) is 260 Å². The van der Waals surface area contributed by atoms with Gasteiger partial charge in [0.05, 0.1) is 34.9 Å². The molecular formula is C63H66N4O3Si3. The molecule has 12 rings (SSSR count). The summed E-state index contributed by atoms with van der Waals surface area (Å²) in [6.07, 6.45) is 16.7. The van der Waals surface area contributed by atoms with Crippen LogP contribution in [0.25, 0.3) is 74.1 Å². The Kier molecular flexibility index (Phi) is 11.8. The number of hydrogen-bond donors (Lipinski definition) is 0. The van der Waals surface area contributed by atoms with Crippen molar-refractivity contribution in [1.82, 2.24) is 13.7 Å². The van der Waals surface area contributed by atoms with Crippen molar-refractivity contribution >= 4 is 99.0 Å². The van der Waals surface area contributed by atoms with E-state index >= 15 is 0 Å². The zero-order valence-electron chi connectivity index (χ0n) is 43.7.